The molecule has 0 aliphatic heterocycles. The first-order valence-corrected chi connectivity index (χ1v) is 7.52. The fraction of sp³-hybridized carbons (Fsp3) is 0.263. The molecule has 0 unspecified atom stereocenters. The monoisotopic (exact) mass is 263 g/mol. The quantitative estimate of drug-likeness (QED) is 0.517. The number of benzene rings is 2. The van der Waals surface area contributed by atoms with E-state index in [1.54, 1.807) is 0 Å². The van der Waals surface area contributed by atoms with E-state index in [0.29, 0.717) is 0 Å². The number of rotatable bonds is 0. The van der Waals surface area contributed by atoms with Crippen molar-refractivity contribution >= 4 is 27.8 Å². The lowest BCUT2D eigenvalue weighted by molar-refractivity contribution is 0.908. The van der Waals surface area contributed by atoms with Crippen molar-refractivity contribution in [2.24, 2.45) is 7.05 Å². The van der Waals surface area contributed by atoms with Crippen LogP contribution in [0, 0.1) is 0 Å². The predicted octanol–water partition coefficient (Wildman–Crippen LogP) is 5.32. The Morgan fingerprint density at radius 3 is 2.65 bits per heavy atom. The SMILES string of the molecule is CC.Cn1c2c(c3c4ccccc4ccc31)CCC=C2. The molecular formula is C19H21N. The maximum Gasteiger partial charge on any atom is 0.0491 e. The van der Waals surface area contributed by atoms with Crippen LogP contribution in [-0.4, -0.2) is 4.57 Å². The van der Waals surface area contributed by atoms with Crippen LogP contribution < -0.4 is 0 Å². The van der Waals surface area contributed by atoms with Gasteiger partial charge in [0.1, 0.15) is 0 Å². The molecule has 0 atom stereocenters. The number of aromatic nitrogens is 1. The van der Waals surface area contributed by atoms with Crippen molar-refractivity contribution in [2.45, 2.75) is 26.7 Å². The second-order valence-electron chi connectivity index (χ2n) is 5.04. The number of nitrogens with zero attached hydrogens (tertiary/aromatic N) is 1. The Hall–Kier alpha value is -2.02. The molecule has 1 heterocycles. The van der Waals surface area contributed by atoms with Crippen LogP contribution in [0.4, 0.5) is 0 Å². The number of aryl methyl sites for hydroxylation is 2. The number of allylic oxidation sites excluding steroid dienone is 1. The molecular weight excluding hydrogens is 242 g/mol. The lowest BCUT2D eigenvalue weighted by Crippen LogP contribution is -1.96. The Bertz CT molecular complexity index is 790. The molecule has 3 aromatic rings. The molecule has 1 heteroatoms. The van der Waals surface area contributed by atoms with Crippen LogP contribution in [0.15, 0.2) is 42.5 Å². The fourth-order valence-corrected chi connectivity index (χ4v) is 3.21. The summed E-state index contributed by atoms with van der Waals surface area (Å²) in [6.07, 6.45) is 6.88. The maximum atomic E-state index is 2.33. The second kappa shape index (κ2) is 5.16. The largest absolute Gasteiger partial charge is 0.344 e. The third kappa shape index (κ3) is 1.77. The standard InChI is InChI=1S/C17H15N.C2H6/c1-18-15-9-5-4-8-14(15)17-13-7-3-2-6-12(13)10-11-16(17)18;1-2/h2-3,5-7,9-11H,4,8H2,1H3;1-2H3. The van der Waals surface area contributed by atoms with Gasteiger partial charge in [-0.15, -0.1) is 0 Å². The van der Waals surface area contributed by atoms with E-state index in [1.165, 1.54) is 32.9 Å². The van der Waals surface area contributed by atoms with Gasteiger partial charge < -0.3 is 4.57 Å². The molecule has 4 rings (SSSR count). The highest BCUT2D eigenvalue weighted by molar-refractivity contribution is 6.09. The molecule has 0 amide bonds. The summed E-state index contributed by atoms with van der Waals surface area (Å²) in [5.74, 6) is 0. The van der Waals surface area contributed by atoms with Crippen molar-refractivity contribution < 1.29 is 0 Å². The van der Waals surface area contributed by atoms with E-state index < -0.39 is 0 Å². The summed E-state index contributed by atoms with van der Waals surface area (Å²) < 4.78 is 2.33. The first-order valence-electron chi connectivity index (χ1n) is 7.52. The Balaban J connectivity index is 0.000000581. The van der Waals surface area contributed by atoms with E-state index in [1.807, 2.05) is 13.8 Å². The topological polar surface area (TPSA) is 4.93 Å². The van der Waals surface area contributed by atoms with Gasteiger partial charge in [0.2, 0.25) is 0 Å². The molecule has 20 heavy (non-hydrogen) atoms. The predicted molar refractivity (Wildman–Crippen MR) is 89.1 cm³/mol. The van der Waals surface area contributed by atoms with E-state index in [2.05, 4.69) is 60.2 Å². The van der Waals surface area contributed by atoms with Crippen molar-refractivity contribution in [3.05, 3.63) is 53.7 Å². The van der Waals surface area contributed by atoms with Crippen molar-refractivity contribution in [1.29, 1.82) is 0 Å². The highest BCUT2D eigenvalue weighted by Crippen LogP contribution is 2.35. The first-order chi connectivity index (χ1) is 9.86. The van der Waals surface area contributed by atoms with Crippen LogP contribution in [-0.2, 0) is 13.5 Å². The maximum absolute atomic E-state index is 2.33. The van der Waals surface area contributed by atoms with E-state index in [0.717, 1.165) is 12.8 Å². The van der Waals surface area contributed by atoms with Gasteiger partial charge in [-0.05, 0) is 41.3 Å². The molecule has 102 valence electrons. The average molecular weight is 263 g/mol. The van der Waals surface area contributed by atoms with Crippen molar-refractivity contribution in [2.75, 3.05) is 0 Å². The van der Waals surface area contributed by atoms with Gasteiger partial charge in [-0.25, -0.2) is 0 Å². The summed E-state index contributed by atoms with van der Waals surface area (Å²) in [6, 6.07) is 13.2. The van der Waals surface area contributed by atoms with Gasteiger partial charge in [0.15, 0.2) is 0 Å². The van der Waals surface area contributed by atoms with Crippen LogP contribution in [0.5, 0.6) is 0 Å². The van der Waals surface area contributed by atoms with Crippen LogP contribution >= 0.6 is 0 Å². The van der Waals surface area contributed by atoms with Crippen LogP contribution in [0.2, 0.25) is 0 Å². The smallest absolute Gasteiger partial charge is 0.0491 e. The summed E-state index contributed by atoms with van der Waals surface area (Å²) in [5, 5.41) is 4.19. The van der Waals surface area contributed by atoms with Gasteiger partial charge in [-0.2, -0.15) is 0 Å². The molecule has 0 saturated heterocycles. The highest BCUT2D eigenvalue weighted by Gasteiger charge is 2.16. The molecule has 1 aliphatic carbocycles. The molecule has 1 aliphatic rings. The Kier molecular flexibility index (Phi) is 3.35. The normalized spacial score (nSPS) is 13.2. The second-order valence-corrected chi connectivity index (χ2v) is 5.04. The van der Waals surface area contributed by atoms with E-state index in [9.17, 15) is 0 Å². The van der Waals surface area contributed by atoms with E-state index in [-0.39, 0.29) is 0 Å². The van der Waals surface area contributed by atoms with Gasteiger partial charge >= 0.3 is 0 Å². The fourth-order valence-electron chi connectivity index (χ4n) is 3.21. The Morgan fingerprint density at radius 2 is 1.80 bits per heavy atom. The third-order valence-electron chi connectivity index (χ3n) is 4.08. The summed E-state index contributed by atoms with van der Waals surface area (Å²) in [4.78, 5) is 0. The number of hydrogen-bond acceptors (Lipinski definition) is 0. The highest BCUT2D eigenvalue weighted by atomic mass is 14.9. The molecule has 0 radical (unpaired) electrons. The molecule has 0 fully saturated rings. The van der Waals surface area contributed by atoms with E-state index in [4.69, 9.17) is 0 Å². The molecule has 2 aromatic carbocycles. The number of fused-ring (bicyclic) bond motifs is 5. The number of hydrogen-bond donors (Lipinski definition) is 0. The lowest BCUT2D eigenvalue weighted by Gasteiger charge is -2.07. The minimum atomic E-state index is 1.16. The average Bonchev–Trinajstić information content (AvgIpc) is 2.83. The van der Waals surface area contributed by atoms with Crippen LogP contribution in [0.1, 0.15) is 31.5 Å². The molecule has 0 bridgehead atoms. The van der Waals surface area contributed by atoms with Crippen LogP contribution in [0.25, 0.3) is 27.8 Å². The molecule has 1 aromatic heterocycles. The van der Waals surface area contributed by atoms with Gasteiger partial charge in [-0.3, -0.25) is 0 Å². The van der Waals surface area contributed by atoms with Crippen molar-refractivity contribution in [3.63, 3.8) is 0 Å². The third-order valence-corrected chi connectivity index (χ3v) is 4.08. The van der Waals surface area contributed by atoms with E-state index >= 15 is 0 Å². The molecule has 0 saturated carbocycles. The zero-order valence-corrected chi connectivity index (χ0v) is 12.5. The minimum Gasteiger partial charge on any atom is -0.344 e. The minimum absolute atomic E-state index is 1.16. The van der Waals surface area contributed by atoms with Gasteiger partial charge in [-0.1, -0.05) is 50.3 Å². The van der Waals surface area contributed by atoms with Gasteiger partial charge in [0.25, 0.3) is 0 Å². The molecule has 0 spiro atoms. The van der Waals surface area contributed by atoms with Crippen LogP contribution in [0.3, 0.4) is 0 Å². The van der Waals surface area contributed by atoms with Crippen molar-refractivity contribution in [3.8, 4) is 0 Å². The Morgan fingerprint density at radius 1 is 1.00 bits per heavy atom. The zero-order chi connectivity index (χ0) is 14.1. The lowest BCUT2D eigenvalue weighted by atomic mass is 9.97. The van der Waals surface area contributed by atoms with Crippen molar-refractivity contribution in [1.82, 2.24) is 4.57 Å². The Labute approximate surface area is 120 Å². The summed E-state index contributed by atoms with van der Waals surface area (Å²) >= 11 is 0. The van der Waals surface area contributed by atoms with Gasteiger partial charge in [0.05, 0.1) is 0 Å². The summed E-state index contributed by atoms with van der Waals surface area (Å²) in [7, 11) is 2.17. The van der Waals surface area contributed by atoms with Gasteiger partial charge in [0, 0.05) is 23.6 Å². The summed E-state index contributed by atoms with van der Waals surface area (Å²) in [5.41, 5.74) is 4.25. The molecule has 0 N–H and O–H groups in total. The molecule has 1 nitrogen and oxygen atoms in total. The zero-order valence-electron chi connectivity index (χ0n) is 12.5. The summed E-state index contributed by atoms with van der Waals surface area (Å²) in [6.45, 7) is 4.00. The first kappa shape index (κ1) is 13.0.